The molecule has 1 heterocycles. The highest BCUT2D eigenvalue weighted by molar-refractivity contribution is 6.07. The van der Waals surface area contributed by atoms with E-state index >= 15 is 0 Å². The standard InChI is InChI=1S/C16H12N2O3/c19-14-5-1-4-12(15(14)20)16(21)18-11-6-7-13-10(9-11)3-2-8-17-13/h1-9,19-20H,(H,18,21). The summed E-state index contributed by atoms with van der Waals surface area (Å²) < 4.78 is 0. The summed E-state index contributed by atoms with van der Waals surface area (Å²) in [6.45, 7) is 0. The van der Waals surface area contributed by atoms with Gasteiger partial charge in [0.1, 0.15) is 0 Å². The Morgan fingerprint density at radius 3 is 2.76 bits per heavy atom. The van der Waals surface area contributed by atoms with Gasteiger partial charge in [-0.15, -0.1) is 0 Å². The number of aromatic nitrogens is 1. The predicted octanol–water partition coefficient (Wildman–Crippen LogP) is 2.90. The molecule has 0 bridgehead atoms. The van der Waals surface area contributed by atoms with Crippen LogP contribution in [0, 0.1) is 0 Å². The number of aromatic hydroxyl groups is 2. The van der Waals surface area contributed by atoms with Crippen molar-refractivity contribution in [3.63, 3.8) is 0 Å². The molecule has 0 aliphatic heterocycles. The second-order valence-corrected chi connectivity index (χ2v) is 4.54. The normalized spacial score (nSPS) is 10.5. The molecule has 5 nitrogen and oxygen atoms in total. The summed E-state index contributed by atoms with van der Waals surface area (Å²) in [4.78, 5) is 16.3. The molecule has 3 rings (SSSR count). The summed E-state index contributed by atoms with van der Waals surface area (Å²) in [6.07, 6.45) is 1.70. The Morgan fingerprint density at radius 2 is 1.90 bits per heavy atom. The zero-order valence-electron chi connectivity index (χ0n) is 10.9. The van der Waals surface area contributed by atoms with E-state index in [0.717, 1.165) is 10.9 Å². The molecule has 0 unspecified atom stereocenters. The van der Waals surface area contributed by atoms with E-state index in [2.05, 4.69) is 10.3 Å². The molecule has 0 aliphatic carbocycles. The van der Waals surface area contributed by atoms with Gasteiger partial charge in [-0.1, -0.05) is 12.1 Å². The number of pyridine rings is 1. The molecule has 21 heavy (non-hydrogen) atoms. The quantitative estimate of drug-likeness (QED) is 0.630. The van der Waals surface area contributed by atoms with Gasteiger partial charge in [0, 0.05) is 17.3 Å². The van der Waals surface area contributed by atoms with Crippen molar-refractivity contribution in [3.05, 3.63) is 60.3 Å². The Bertz CT molecular complexity index is 831. The monoisotopic (exact) mass is 280 g/mol. The summed E-state index contributed by atoms with van der Waals surface area (Å²) in [7, 11) is 0. The number of fused-ring (bicyclic) bond motifs is 1. The minimum Gasteiger partial charge on any atom is -0.504 e. The Hall–Kier alpha value is -3.08. The lowest BCUT2D eigenvalue weighted by Crippen LogP contribution is -2.12. The number of para-hydroxylation sites is 1. The fourth-order valence-electron chi connectivity index (χ4n) is 2.07. The van der Waals surface area contributed by atoms with Gasteiger partial charge in [0.25, 0.3) is 5.91 Å². The molecule has 1 aromatic heterocycles. The lowest BCUT2D eigenvalue weighted by molar-refractivity contribution is 0.102. The van der Waals surface area contributed by atoms with E-state index in [9.17, 15) is 15.0 Å². The van der Waals surface area contributed by atoms with Crippen LogP contribution in [-0.4, -0.2) is 21.1 Å². The smallest absolute Gasteiger partial charge is 0.259 e. The number of nitrogens with zero attached hydrogens (tertiary/aromatic N) is 1. The number of anilines is 1. The number of phenols is 2. The van der Waals surface area contributed by atoms with Crippen molar-refractivity contribution in [3.8, 4) is 11.5 Å². The maximum absolute atomic E-state index is 12.1. The molecule has 0 saturated heterocycles. The highest BCUT2D eigenvalue weighted by atomic mass is 16.3. The van der Waals surface area contributed by atoms with E-state index < -0.39 is 11.7 Å². The van der Waals surface area contributed by atoms with Crippen LogP contribution in [0.4, 0.5) is 5.69 Å². The molecule has 0 aliphatic rings. The minimum atomic E-state index is -0.494. The van der Waals surface area contributed by atoms with E-state index in [0.29, 0.717) is 5.69 Å². The van der Waals surface area contributed by atoms with E-state index in [1.54, 1.807) is 24.4 Å². The number of benzene rings is 2. The molecule has 1 amide bonds. The summed E-state index contributed by atoms with van der Waals surface area (Å²) >= 11 is 0. The van der Waals surface area contributed by atoms with Crippen molar-refractivity contribution in [1.82, 2.24) is 4.98 Å². The zero-order valence-corrected chi connectivity index (χ0v) is 10.9. The van der Waals surface area contributed by atoms with Crippen LogP contribution in [0.15, 0.2) is 54.7 Å². The fourth-order valence-corrected chi connectivity index (χ4v) is 2.07. The number of rotatable bonds is 2. The number of nitrogens with one attached hydrogen (secondary N) is 1. The summed E-state index contributed by atoms with van der Waals surface area (Å²) in [5.41, 5.74) is 1.43. The predicted molar refractivity (Wildman–Crippen MR) is 79.5 cm³/mol. The number of hydrogen-bond donors (Lipinski definition) is 3. The molecule has 3 N–H and O–H groups in total. The van der Waals surface area contributed by atoms with Gasteiger partial charge in [0.05, 0.1) is 11.1 Å². The highest BCUT2D eigenvalue weighted by Gasteiger charge is 2.14. The van der Waals surface area contributed by atoms with Crippen molar-refractivity contribution in [2.75, 3.05) is 5.32 Å². The second-order valence-electron chi connectivity index (χ2n) is 4.54. The maximum atomic E-state index is 12.1. The van der Waals surface area contributed by atoms with Crippen molar-refractivity contribution in [1.29, 1.82) is 0 Å². The fraction of sp³-hybridized carbons (Fsp3) is 0. The molecule has 0 radical (unpaired) electrons. The maximum Gasteiger partial charge on any atom is 0.259 e. The second kappa shape index (κ2) is 5.13. The van der Waals surface area contributed by atoms with Gasteiger partial charge in [0.15, 0.2) is 11.5 Å². The van der Waals surface area contributed by atoms with E-state index in [1.165, 1.54) is 18.2 Å². The summed E-state index contributed by atoms with van der Waals surface area (Å²) in [5.74, 6) is -1.26. The van der Waals surface area contributed by atoms with Gasteiger partial charge >= 0.3 is 0 Å². The van der Waals surface area contributed by atoms with Gasteiger partial charge in [-0.25, -0.2) is 0 Å². The van der Waals surface area contributed by atoms with E-state index in [1.807, 2.05) is 12.1 Å². The SMILES string of the molecule is O=C(Nc1ccc2ncccc2c1)c1cccc(O)c1O. The van der Waals surface area contributed by atoms with Crippen molar-refractivity contribution >= 4 is 22.5 Å². The van der Waals surface area contributed by atoms with Crippen molar-refractivity contribution in [2.24, 2.45) is 0 Å². The number of hydrogen-bond acceptors (Lipinski definition) is 4. The van der Waals surface area contributed by atoms with Crippen LogP contribution in [0.3, 0.4) is 0 Å². The van der Waals surface area contributed by atoms with Crippen molar-refractivity contribution < 1.29 is 15.0 Å². The van der Waals surface area contributed by atoms with Crippen molar-refractivity contribution in [2.45, 2.75) is 0 Å². The van der Waals surface area contributed by atoms with E-state index in [4.69, 9.17) is 0 Å². The lowest BCUT2D eigenvalue weighted by atomic mass is 10.1. The molecule has 3 aromatic rings. The lowest BCUT2D eigenvalue weighted by Gasteiger charge is -2.08. The molecule has 2 aromatic carbocycles. The Balaban J connectivity index is 1.91. The van der Waals surface area contributed by atoms with Crippen LogP contribution < -0.4 is 5.32 Å². The molecule has 0 fully saturated rings. The molecule has 0 atom stereocenters. The summed E-state index contributed by atoms with van der Waals surface area (Å²) in [5, 5.41) is 22.7. The third-order valence-electron chi connectivity index (χ3n) is 3.12. The first kappa shape index (κ1) is 12.9. The first-order chi connectivity index (χ1) is 10.1. The molecular weight excluding hydrogens is 268 g/mol. The van der Waals surface area contributed by atoms with Crippen LogP contribution in [0.1, 0.15) is 10.4 Å². The van der Waals surface area contributed by atoms with Crippen LogP contribution in [0.5, 0.6) is 11.5 Å². The average molecular weight is 280 g/mol. The topological polar surface area (TPSA) is 82.5 Å². The van der Waals surface area contributed by atoms with Gasteiger partial charge in [-0.05, 0) is 36.4 Å². The Labute approximate surface area is 120 Å². The average Bonchev–Trinajstić information content (AvgIpc) is 2.50. The molecule has 0 saturated carbocycles. The number of carbonyl (C=O) groups is 1. The molecular formula is C16H12N2O3. The summed E-state index contributed by atoms with van der Waals surface area (Å²) in [6, 6.07) is 13.3. The first-order valence-electron chi connectivity index (χ1n) is 6.32. The van der Waals surface area contributed by atoms with Gasteiger partial charge in [-0.3, -0.25) is 9.78 Å². The number of amides is 1. The third-order valence-corrected chi connectivity index (χ3v) is 3.12. The largest absolute Gasteiger partial charge is 0.504 e. The Kier molecular flexibility index (Phi) is 3.16. The minimum absolute atomic E-state index is 0.0151. The first-order valence-corrected chi connectivity index (χ1v) is 6.32. The number of carbonyl (C=O) groups excluding carboxylic acids is 1. The van der Waals surface area contributed by atoms with Gasteiger partial charge < -0.3 is 15.5 Å². The van der Waals surface area contributed by atoms with Crippen LogP contribution in [0.25, 0.3) is 10.9 Å². The zero-order chi connectivity index (χ0) is 14.8. The highest BCUT2D eigenvalue weighted by Crippen LogP contribution is 2.29. The van der Waals surface area contributed by atoms with E-state index in [-0.39, 0.29) is 11.3 Å². The molecule has 104 valence electrons. The van der Waals surface area contributed by atoms with Crippen LogP contribution in [-0.2, 0) is 0 Å². The Morgan fingerprint density at radius 1 is 1.05 bits per heavy atom. The van der Waals surface area contributed by atoms with Crippen LogP contribution >= 0.6 is 0 Å². The van der Waals surface area contributed by atoms with Gasteiger partial charge in [-0.2, -0.15) is 0 Å². The third kappa shape index (κ3) is 2.49. The van der Waals surface area contributed by atoms with Gasteiger partial charge in [0.2, 0.25) is 0 Å². The van der Waals surface area contributed by atoms with Crippen LogP contribution in [0.2, 0.25) is 0 Å². The molecule has 5 heteroatoms. The number of phenolic OH excluding ortho intramolecular Hbond substituents is 2. The molecule has 0 spiro atoms.